The van der Waals surface area contributed by atoms with Gasteiger partial charge in [-0.1, -0.05) is 35.5 Å². The van der Waals surface area contributed by atoms with Crippen LogP contribution in [0, 0.1) is 0 Å². The molecule has 0 aliphatic carbocycles. The summed E-state index contributed by atoms with van der Waals surface area (Å²) in [5.41, 5.74) is 1.33. The molecule has 7 nitrogen and oxygen atoms in total. The third-order valence-electron chi connectivity index (χ3n) is 2.97. The Hall–Kier alpha value is -2.67. The van der Waals surface area contributed by atoms with Crippen molar-refractivity contribution < 1.29 is 24.0 Å². The molecule has 2 aromatic rings. The molecule has 0 atom stereocenters. The number of carboxylic acid groups (broad SMARTS) is 1. The van der Waals surface area contributed by atoms with Crippen LogP contribution in [0.2, 0.25) is 0 Å². The third-order valence-corrected chi connectivity index (χ3v) is 2.97. The summed E-state index contributed by atoms with van der Waals surface area (Å²) in [4.78, 5) is 24.3. The van der Waals surface area contributed by atoms with E-state index in [0.29, 0.717) is 5.69 Å². The molecule has 0 bridgehead atoms. The van der Waals surface area contributed by atoms with Crippen molar-refractivity contribution in [3.05, 3.63) is 42.2 Å². The van der Waals surface area contributed by atoms with Gasteiger partial charge in [-0.2, -0.15) is 0 Å². The number of methoxy groups -OCH3 is 1. The monoisotopic (exact) mass is 304 g/mol. The molecule has 116 valence electrons. The second-order valence-corrected chi connectivity index (χ2v) is 4.56. The van der Waals surface area contributed by atoms with Crippen molar-refractivity contribution in [2.45, 2.75) is 0 Å². The van der Waals surface area contributed by atoms with Crippen LogP contribution in [0.1, 0.15) is 10.6 Å². The number of carbonyl (C=O) groups is 2. The SMILES string of the molecule is COCCN(CC(=O)O)C(=O)c1cc(-c2ccccc2)no1. The second kappa shape index (κ2) is 7.37. The Bertz CT molecular complexity index is 638. The van der Waals surface area contributed by atoms with E-state index in [1.807, 2.05) is 30.3 Å². The maximum Gasteiger partial charge on any atom is 0.323 e. The summed E-state index contributed by atoms with van der Waals surface area (Å²) in [6, 6.07) is 10.7. The number of rotatable bonds is 7. The Morgan fingerprint density at radius 1 is 1.32 bits per heavy atom. The molecule has 1 N–H and O–H groups in total. The lowest BCUT2D eigenvalue weighted by Gasteiger charge is -2.18. The fourth-order valence-electron chi connectivity index (χ4n) is 1.89. The van der Waals surface area contributed by atoms with Crippen molar-refractivity contribution in [2.24, 2.45) is 0 Å². The van der Waals surface area contributed by atoms with Gasteiger partial charge in [0.2, 0.25) is 5.76 Å². The van der Waals surface area contributed by atoms with Crippen LogP contribution in [-0.4, -0.2) is 53.8 Å². The molecule has 0 aliphatic rings. The zero-order chi connectivity index (χ0) is 15.9. The minimum Gasteiger partial charge on any atom is -0.480 e. The lowest BCUT2D eigenvalue weighted by Crippen LogP contribution is -2.37. The Morgan fingerprint density at radius 2 is 2.05 bits per heavy atom. The molecule has 7 heteroatoms. The number of carboxylic acids is 1. The minimum atomic E-state index is -1.10. The maximum atomic E-state index is 12.3. The van der Waals surface area contributed by atoms with Crippen LogP contribution in [0.25, 0.3) is 11.3 Å². The summed E-state index contributed by atoms with van der Waals surface area (Å²) in [6.07, 6.45) is 0. The first kappa shape index (κ1) is 15.7. The van der Waals surface area contributed by atoms with Crippen molar-refractivity contribution in [1.82, 2.24) is 10.1 Å². The topological polar surface area (TPSA) is 92.9 Å². The normalized spacial score (nSPS) is 10.4. The first-order valence-corrected chi connectivity index (χ1v) is 6.64. The number of hydrogen-bond acceptors (Lipinski definition) is 5. The Morgan fingerprint density at radius 3 is 2.68 bits per heavy atom. The van der Waals surface area contributed by atoms with Crippen molar-refractivity contribution >= 4 is 11.9 Å². The van der Waals surface area contributed by atoms with Crippen molar-refractivity contribution in [3.63, 3.8) is 0 Å². The van der Waals surface area contributed by atoms with Crippen LogP contribution >= 0.6 is 0 Å². The van der Waals surface area contributed by atoms with E-state index >= 15 is 0 Å². The first-order chi connectivity index (χ1) is 10.6. The number of hydrogen-bond donors (Lipinski definition) is 1. The van der Waals surface area contributed by atoms with Gasteiger partial charge < -0.3 is 19.3 Å². The molecule has 0 saturated carbocycles. The quantitative estimate of drug-likeness (QED) is 0.833. The molecule has 0 radical (unpaired) electrons. The van der Waals surface area contributed by atoms with Gasteiger partial charge in [0.15, 0.2) is 0 Å². The average molecular weight is 304 g/mol. The Balaban J connectivity index is 2.16. The molecule has 2 rings (SSSR count). The standard InChI is InChI=1S/C15H16N2O5/c1-21-8-7-17(10-14(18)19)15(20)13-9-12(16-22-13)11-5-3-2-4-6-11/h2-6,9H,7-8,10H2,1H3,(H,18,19). The molecule has 1 heterocycles. The Labute approximate surface area is 127 Å². The maximum absolute atomic E-state index is 12.3. The molecule has 0 spiro atoms. The van der Waals surface area contributed by atoms with E-state index in [1.54, 1.807) is 0 Å². The number of aliphatic carboxylic acids is 1. The third kappa shape index (κ3) is 3.92. The highest BCUT2D eigenvalue weighted by Crippen LogP contribution is 2.19. The number of aromatic nitrogens is 1. The molecule has 0 fully saturated rings. The molecular formula is C15H16N2O5. The smallest absolute Gasteiger partial charge is 0.323 e. The largest absolute Gasteiger partial charge is 0.480 e. The van der Waals surface area contributed by atoms with E-state index in [4.69, 9.17) is 14.4 Å². The summed E-state index contributed by atoms with van der Waals surface area (Å²) < 4.78 is 9.93. The number of carbonyl (C=O) groups excluding carboxylic acids is 1. The van der Waals surface area contributed by atoms with Gasteiger partial charge in [-0.15, -0.1) is 0 Å². The number of amides is 1. The van der Waals surface area contributed by atoms with Gasteiger partial charge >= 0.3 is 5.97 Å². The predicted molar refractivity (Wildman–Crippen MR) is 77.4 cm³/mol. The van der Waals surface area contributed by atoms with Gasteiger partial charge in [0.1, 0.15) is 12.2 Å². The first-order valence-electron chi connectivity index (χ1n) is 6.64. The van der Waals surface area contributed by atoms with Crippen LogP contribution in [0.5, 0.6) is 0 Å². The van der Waals surface area contributed by atoms with Crippen LogP contribution in [-0.2, 0) is 9.53 Å². The van der Waals surface area contributed by atoms with Crippen LogP contribution in [0.15, 0.2) is 40.9 Å². The highest BCUT2D eigenvalue weighted by Gasteiger charge is 2.22. The van der Waals surface area contributed by atoms with Gasteiger partial charge in [-0.3, -0.25) is 9.59 Å². The average Bonchev–Trinajstić information content (AvgIpc) is 3.01. The summed E-state index contributed by atoms with van der Waals surface area (Å²) in [5.74, 6) is -1.64. The van der Waals surface area contributed by atoms with Crippen LogP contribution in [0.3, 0.4) is 0 Å². The van der Waals surface area contributed by atoms with Crippen molar-refractivity contribution in [3.8, 4) is 11.3 Å². The lowest BCUT2D eigenvalue weighted by atomic mass is 10.1. The van der Waals surface area contributed by atoms with Gasteiger partial charge in [0.25, 0.3) is 5.91 Å². The van der Waals surface area contributed by atoms with Crippen molar-refractivity contribution in [1.29, 1.82) is 0 Å². The van der Waals surface area contributed by atoms with E-state index in [9.17, 15) is 9.59 Å². The van der Waals surface area contributed by atoms with Gasteiger partial charge in [0.05, 0.1) is 6.61 Å². The fourth-order valence-corrected chi connectivity index (χ4v) is 1.89. The second-order valence-electron chi connectivity index (χ2n) is 4.56. The van der Waals surface area contributed by atoms with Gasteiger partial charge in [-0.25, -0.2) is 0 Å². The molecule has 1 aromatic heterocycles. The van der Waals surface area contributed by atoms with E-state index < -0.39 is 18.4 Å². The predicted octanol–water partition coefficient (Wildman–Crippen LogP) is 1.51. The number of ether oxygens (including phenoxy) is 1. The van der Waals surface area contributed by atoms with E-state index in [-0.39, 0.29) is 18.9 Å². The van der Waals surface area contributed by atoms with E-state index in [2.05, 4.69) is 5.16 Å². The van der Waals surface area contributed by atoms with Crippen LogP contribution in [0.4, 0.5) is 0 Å². The summed E-state index contributed by atoms with van der Waals surface area (Å²) in [5, 5.41) is 12.7. The molecule has 0 aliphatic heterocycles. The fraction of sp³-hybridized carbons (Fsp3) is 0.267. The highest BCUT2D eigenvalue weighted by molar-refractivity contribution is 5.94. The molecular weight excluding hydrogens is 288 g/mol. The number of benzene rings is 1. The summed E-state index contributed by atoms with van der Waals surface area (Å²) in [6.45, 7) is -0.0364. The van der Waals surface area contributed by atoms with Crippen LogP contribution < -0.4 is 0 Å². The lowest BCUT2D eigenvalue weighted by molar-refractivity contribution is -0.137. The molecule has 1 aromatic carbocycles. The van der Waals surface area contributed by atoms with Crippen molar-refractivity contribution in [2.75, 3.05) is 26.8 Å². The molecule has 1 amide bonds. The van der Waals surface area contributed by atoms with Gasteiger partial charge in [-0.05, 0) is 0 Å². The highest BCUT2D eigenvalue weighted by atomic mass is 16.5. The summed E-state index contributed by atoms with van der Waals surface area (Å²) >= 11 is 0. The Kier molecular flexibility index (Phi) is 5.26. The summed E-state index contributed by atoms with van der Waals surface area (Å²) in [7, 11) is 1.48. The van der Waals surface area contributed by atoms with E-state index in [0.717, 1.165) is 10.5 Å². The minimum absolute atomic E-state index is 0.00351. The van der Waals surface area contributed by atoms with E-state index in [1.165, 1.54) is 13.2 Å². The molecule has 22 heavy (non-hydrogen) atoms. The van der Waals surface area contributed by atoms with Gasteiger partial charge in [0, 0.05) is 25.3 Å². The zero-order valence-corrected chi connectivity index (χ0v) is 12.1. The zero-order valence-electron chi connectivity index (χ0n) is 12.1. The molecule has 0 unspecified atom stereocenters. The number of nitrogens with zero attached hydrogens (tertiary/aromatic N) is 2. The molecule has 0 saturated heterocycles.